The van der Waals surface area contributed by atoms with Crippen molar-refractivity contribution in [1.29, 1.82) is 5.26 Å². The van der Waals surface area contributed by atoms with Crippen molar-refractivity contribution in [2.24, 2.45) is 11.8 Å². The van der Waals surface area contributed by atoms with E-state index in [4.69, 9.17) is 10.00 Å². The highest BCUT2D eigenvalue weighted by molar-refractivity contribution is 5.72. The van der Waals surface area contributed by atoms with Crippen LogP contribution in [0, 0.1) is 23.2 Å². The second-order valence-corrected chi connectivity index (χ2v) is 9.71. The van der Waals surface area contributed by atoms with E-state index in [2.05, 4.69) is 31.2 Å². The molecule has 0 heterocycles. The number of halogens is 1. The number of hydrogen-bond donors (Lipinski definition) is 0. The number of allylic oxidation sites excluding steroid dienone is 2. The molecule has 0 N–H and O–H groups in total. The summed E-state index contributed by atoms with van der Waals surface area (Å²) >= 11 is 0. The first-order valence-electron chi connectivity index (χ1n) is 12.6. The van der Waals surface area contributed by atoms with Crippen LogP contribution in [0.1, 0.15) is 101 Å². The van der Waals surface area contributed by atoms with Crippen LogP contribution in [-0.4, -0.2) is 12.1 Å². The summed E-state index contributed by atoms with van der Waals surface area (Å²) < 4.78 is 18.8. The number of nitrogens with zero attached hydrogens (tertiary/aromatic N) is 1. The first-order valence-corrected chi connectivity index (χ1v) is 12.6. The molecule has 0 saturated heterocycles. The quantitative estimate of drug-likeness (QED) is 0.295. The number of nitriles is 1. The van der Waals surface area contributed by atoms with Gasteiger partial charge in [-0.05, 0) is 106 Å². The van der Waals surface area contributed by atoms with Crippen LogP contribution in [0.5, 0.6) is 0 Å². The molecule has 0 bridgehead atoms. The second-order valence-electron chi connectivity index (χ2n) is 9.71. The Morgan fingerprint density at radius 2 is 1.78 bits per heavy atom. The average molecular weight is 440 g/mol. The maximum absolute atomic E-state index is 12.9. The highest BCUT2D eigenvalue weighted by Crippen LogP contribution is 2.37. The topological polar surface area (TPSA) is 50.1 Å². The van der Waals surface area contributed by atoms with Gasteiger partial charge in [-0.3, -0.25) is 4.79 Å². The highest BCUT2D eigenvalue weighted by Gasteiger charge is 2.31. The van der Waals surface area contributed by atoms with Crippen molar-refractivity contribution in [3.05, 3.63) is 47.3 Å². The average Bonchev–Trinajstić information content (AvgIpc) is 2.84. The molecule has 3 rings (SSSR count). The van der Waals surface area contributed by atoms with Gasteiger partial charge in [-0.2, -0.15) is 9.65 Å². The zero-order valence-electron chi connectivity index (χ0n) is 19.5. The molecule has 4 heteroatoms. The molecule has 1 aromatic rings. The van der Waals surface area contributed by atoms with Gasteiger partial charge in [0.2, 0.25) is 0 Å². The summed E-state index contributed by atoms with van der Waals surface area (Å²) in [5, 5.41) is 8.46. The third kappa shape index (κ3) is 7.47. The molecule has 174 valence electrons. The maximum Gasteiger partial charge on any atom is 0.309 e. The summed E-state index contributed by atoms with van der Waals surface area (Å²) in [6.45, 7) is 2.23. The first-order chi connectivity index (χ1) is 15.6. The number of benzene rings is 1. The molecule has 0 amide bonds. The predicted molar refractivity (Wildman–Crippen MR) is 126 cm³/mol. The molecule has 0 aliphatic heterocycles. The van der Waals surface area contributed by atoms with Crippen LogP contribution in [0.4, 0.5) is 4.39 Å². The number of rotatable bonds is 9. The fraction of sp³-hybridized carbons (Fsp3) is 0.643. The van der Waals surface area contributed by atoms with Gasteiger partial charge in [-0.25, -0.2) is 0 Å². The molecule has 0 unspecified atom stereocenters. The van der Waals surface area contributed by atoms with Gasteiger partial charge >= 0.3 is 5.97 Å². The van der Waals surface area contributed by atoms with Gasteiger partial charge in [0.25, 0.3) is 0 Å². The molecule has 1 aromatic carbocycles. The van der Waals surface area contributed by atoms with E-state index in [9.17, 15) is 9.18 Å². The van der Waals surface area contributed by atoms with E-state index in [0.717, 1.165) is 64.2 Å². The van der Waals surface area contributed by atoms with E-state index in [1.807, 2.05) is 0 Å². The van der Waals surface area contributed by atoms with Crippen molar-refractivity contribution >= 4 is 5.97 Å². The van der Waals surface area contributed by atoms with Crippen molar-refractivity contribution in [2.45, 2.75) is 102 Å². The zero-order valence-corrected chi connectivity index (χ0v) is 19.5. The molecule has 0 radical (unpaired) electrons. The molecule has 0 aromatic heterocycles. The van der Waals surface area contributed by atoms with Crippen molar-refractivity contribution in [3.63, 3.8) is 0 Å². The van der Waals surface area contributed by atoms with Crippen LogP contribution in [0.25, 0.3) is 0 Å². The normalized spacial score (nSPS) is 26.3. The summed E-state index contributed by atoms with van der Waals surface area (Å²) in [5.41, 5.74) is 2.84. The Hall–Kier alpha value is -2.15. The lowest BCUT2D eigenvalue weighted by atomic mass is 9.78. The number of hydrogen-bond acceptors (Lipinski definition) is 3. The van der Waals surface area contributed by atoms with Crippen molar-refractivity contribution in [3.8, 4) is 6.07 Å². The summed E-state index contributed by atoms with van der Waals surface area (Å²) in [7, 11) is 0. The fourth-order valence-electron chi connectivity index (χ4n) is 5.29. The van der Waals surface area contributed by atoms with Gasteiger partial charge < -0.3 is 4.74 Å². The largest absolute Gasteiger partial charge is 0.462 e. The fourth-order valence-corrected chi connectivity index (χ4v) is 5.29. The number of carbonyl (C=O) groups is 1. The number of aryl methyl sites for hydroxylation is 1. The Bertz CT molecular complexity index is 779. The summed E-state index contributed by atoms with van der Waals surface area (Å²) in [5.74, 6) is 0.463. The summed E-state index contributed by atoms with van der Waals surface area (Å²) in [4.78, 5) is 12.7. The van der Waals surface area contributed by atoms with E-state index in [1.165, 1.54) is 36.1 Å². The van der Waals surface area contributed by atoms with Crippen LogP contribution in [-0.2, 0) is 16.0 Å². The Morgan fingerprint density at radius 3 is 2.41 bits per heavy atom. The maximum atomic E-state index is 12.9. The Kier molecular flexibility index (Phi) is 9.78. The zero-order chi connectivity index (χ0) is 22.8. The number of esters is 1. The van der Waals surface area contributed by atoms with Gasteiger partial charge in [0.15, 0.2) is 5.83 Å². The molecule has 0 atom stereocenters. The van der Waals surface area contributed by atoms with Crippen molar-refractivity contribution < 1.29 is 13.9 Å². The van der Waals surface area contributed by atoms with Gasteiger partial charge in [0.05, 0.1) is 5.92 Å². The Labute approximate surface area is 193 Å². The Balaban J connectivity index is 1.36. The lowest BCUT2D eigenvalue weighted by molar-refractivity contribution is -0.157. The molecule has 2 aliphatic carbocycles. The van der Waals surface area contributed by atoms with E-state index >= 15 is 0 Å². The summed E-state index contributed by atoms with van der Waals surface area (Å²) in [6, 6.07) is 10.6. The standard InChI is InChI=1S/C28H38FNO2/c1-2-3-5-21-8-12-23(13-9-21)24-14-16-25(17-15-24)28(31)32-27-18-10-22(11-19-27)6-4-7-26(29)20-30/h7-9,12-13,22,24-25,27H,2-6,10-11,14-19H2,1H3/t22-,24-,25-,27-. The van der Waals surface area contributed by atoms with Crippen LogP contribution in [0.15, 0.2) is 36.2 Å². The van der Waals surface area contributed by atoms with Crippen LogP contribution in [0.3, 0.4) is 0 Å². The summed E-state index contributed by atoms with van der Waals surface area (Å²) in [6.07, 6.45) is 14.4. The number of carbonyl (C=O) groups excluding carboxylic acids is 1. The van der Waals surface area contributed by atoms with E-state index in [0.29, 0.717) is 18.3 Å². The monoisotopic (exact) mass is 439 g/mol. The van der Waals surface area contributed by atoms with Gasteiger partial charge in [-0.15, -0.1) is 0 Å². The molecule has 3 nitrogen and oxygen atoms in total. The van der Waals surface area contributed by atoms with Crippen LogP contribution >= 0.6 is 0 Å². The predicted octanol–water partition coefficient (Wildman–Crippen LogP) is 7.56. The van der Waals surface area contributed by atoms with Crippen molar-refractivity contribution in [2.75, 3.05) is 0 Å². The molecular weight excluding hydrogens is 401 g/mol. The molecule has 32 heavy (non-hydrogen) atoms. The molecule has 2 aliphatic rings. The van der Waals surface area contributed by atoms with E-state index < -0.39 is 5.83 Å². The van der Waals surface area contributed by atoms with Crippen LogP contribution in [0.2, 0.25) is 0 Å². The van der Waals surface area contributed by atoms with Crippen molar-refractivity contribution in [1.82, 2.24) is 0 Å². The SMILES string of the molecule is CCCCc1ccc([C@H]2CC[C@H](C(=O)O[C@H]3CC[C@H](CCC=C(F)C#N)CC3)CC2)cc1. The van der Waals surface area contributed by atoms with Gasteiger partial charge in [0.1, 0.15) is 12.2 Å². The van der Waals surface area contributed by atoms with E-state index in [-0.39, 0.29) is 18.0 Å². The second kappa shape index (κ2) is 12.8. The molecular formula is C28H38FNO2. The minimum Gasteiger partial charge on any atom is -0.462 e. The number of ether oxygens (including phenoxy) is 1. The minimum absolute atomic E-state index is 0.000776. The lowest BCUT2D eigenvalue weighted by Crippen LogP contribution is -2.29. The van der Waals surface area contributed by atoms with Gasteiger partial charge in [-0.1, -0.05) is 37.6 Å². The van der Waals surface area contributed by atoms with Gasteiger partial charge in [0, 0.05) is 0 Å². The smallest absolute Gasteiger partial charge is 0.309 e. The third-order valence-electron chi connectivity index (χ3n) is 7.41. The van der Waals surface area contributed by atoms with E-state index in [1.54, 1.807) is 0 Å². The van der Waals surface area contributed by atoms with Crippen LogP contribution < -0.4 is 0 Å². The molecule has 2 saturated carbocycles. The molecule has 0 spiro atoms. The highest BCUT2D eigenvalue weighted by atomic mass is 19.1. The first kappa shape index (κ1) is 24.5. The Morgan fingerprint density at radius 1 is 1.09 bits per heavy atom. The lowest BCUT2D eigenvalue weighted by Gasteiger charge is -2.31. The molecule has 2 fully saturated rings. The third-order valence-corrected chi connectivity index (χ3v) is 7.41. The minimum atomic E-state index is -0.689. The number of unbranched alkanes of at least 4 members (excludes halogenated alkanes) is 1.